The van der Waals surface area contributed by atoms with Crippen LogP contribution in [0.1, 0.15) is 39.0 Å². The molecule has 0 rings (SSSR count). The summed E-state index contributed by atoms with van der Waals surface area (Å²) in [6.45, 7) is 3.03. The fraction of sp³-hybridized carbons (Fsp3) is 0.846. The van der Waals surface area contributed by atoms with Crippen LogP contribution >= 0.6 is 0 Å². The number of hydrogen-bond acceptors (Lipinski definition) is 4. The third kappa shape index (κ3) is 11.7. The molecule has 19 heavy (non-hydrogen) atoms. The monoisotopic (exact) mass is 274 g/mol. The van der Waals surface area contributed by atoms with E-state index in [9.17, 15) is 9.59 Å². The number of ether oxygens (including phenoxy) is 1. The number of carboxylic acids is 1. The Bertz CT molecular complexity index is 253. The van der Waals surface area contributed by atoms with Crippen LogP contribution in [0.3, 0.4) is 0 Å². The first-order valence-corrected chi connectivity index (χ1v) is 6.86. The van der Waals surface area contributed by atoms with Crippen molar-refractivity contribution >= 4 is 11.9 Å². The van der Waals surface area contributed by atoms with E-state index < -0.39 is 5.97 Å². The Morgan fingerprint density at radius 1 is 1.32 bits per heavy atom. The highest BCUT2D eigenvalue weighted by Crippen LogP contribution is 2.16. The number of amides is 1. The first-order chi connectivity index (χ1) is 9.10. The van der Waals surface area contributed by atoms with Gasteiger partial charge in [0, 0.05) is 13.0 Å². The van der Waals surface area contributed by atoms with Gasteiger partial charge >= 0.3 is 5.97 Å². The van der Waals surface area contributed by atoms with Crippen molar-refractivity contribution in [3.05, 3.63) is 0 Å². The number of aliphatic carboxylic acids is 1. The summed E-state index contributed by atoms with van der Waals surface area (Å²) < 4.78 is 4.82. The van der Waals surface area contributed by atoms with Gasteiger partial charge in [-0.25, -0.2) is 4.79 Å². The average Bonchev–Trinajstić information content (AvgIpc) is 2.35. The van der Waals surface area contributed by atoms with Crippen molar-refractivity contribution in [2.75, 3.05) is 26.3 Å². The van der Waals surface area contributed by atoms with Crippen molar-refractivity contribution in [3.63, 3.8) is 0 Å². The van der Waals surface area contributed by atoms with Crippen molar-refractivity contribution < 1.29 is 19.4 Å². The van der Waals surface area contributed by atoms with E-state index in [0.717, 1.165) is 25.7 Å². The lowest BCUT2D eigenvalue weighted by atomic mass is 9.94. The summed E-state index contributed by atoms with van der Waals surface area (Å²) in [7, 11) is 0. The van der Waals surface area contributed by atoms with E-state index in [0.29, 0.717) is 25.4 Å². The van der Waals surface area contributed by atoms with Gasteiger partial charge in [0.1, 0.15) is 6.61 Å². The van der Waals surface area contributed by atoms with Crippen molar-refractivity contribution in [3.8, 4) is 0 Å². The molecule has 0 saturated carbocycles. The van der Waals surface area contributed by atoms with Crippen LogP contribution in [-0.4, -0.2) is 43.3 Å². The van der Waals surface area contributed by atoms with Gasteiger partial charge in [0.15, 0.2) is 0 Å². The molecule has 0 bridgehead atoms. The molecule has 4 N–H and O–H groups in total. The van der Waals surface area contributed by atoms with Crippen LogP contribution in [-0.2, 0) is 14.3 Å². The minimum atomic E-state index is -1.00. The van der Waals surface area contributed by atoms with E-state index in [1.807, 2.05) is 0 Å². The molecule has 0 fully saturated rings. The third-order valence-electron chi connectivity index (χ3n) is 2.85. The van der Waals surface area contributed by atoms with Gasteiger partial charge in [0.25, 0.3) is 0 Å². The van der Waals surface area contributed by atoms with Gasteiger partial charge in [-0.2, -0.15) is 0 Å². The summed E-state index contributed by atoms with van der Waals surface area (Å²) >= 11 is 0. The fourth-order valence-corrected chi connectivity index (χ4v) is 1.92. The highest BCUT2D eigenvalue weighted by atomic mass is 16.5. The lowest BCUT2D eigenvalue weighted by Gasteiger charge is -2.14. The maximum Gasteiger partial charge on any atom is 0.329 e. The molecule has 1 amide bonds. The van der Waals surface area contributed by atoms with E-state index in [1.165, 1.54) is 0 Å². The number of carbonyl (C=O) groups excluding carboxylic acids is 1. The molecule has 1 unspecified atom stereocenters. The summed E-state index contributed by atoms with van der Waals surface area (Å²) in [5, 5.41) is 11.1. The summed E-state index contributed by atoms with van der Waals surface area (Å²) in [5.74, 6) is -0.503. The number of nitrogens with two attached hydrogens (primary N) is 1. The molecule has 0 radical (unpaired) electrons. The predicted octanol–water partition coefficient (Wildman–Crippen LogP) is 0.749. The fourth-order valence-electron chi connectivity index (χ4n) is 1.92. The van der Waals surface area contributed by atoms with Crippen LogP contribution in [0.25, 0.3) is 0 Å². The van der Waals surface area contributed by atoms with Crippen LogP contribution in [0.15, 0.2) is 0 Å². The molecule has 1 atom stereocenters. The lowest BCUT2D eigenvalue weighted by Crippen LogP contribution is -2.28. The van der Waals surface area contributed by atoms with Crippen molar-refractivity contribution in [1.82, 2.24) is 5.32 Å². The predicted molar refractivity (Wildman–Crippen MR) is 72.8 cm³/mol. The Morgan fingerprint density at radius 2 is 2.05 bits per heavy atom. The maximum absolute atomic E-state index is 11.5. The first kappa shape index (κ1) is 17.9. The molecule has 0 aromatic rings. The van der Waals surface area contributed by atoms with Gasteiger partial charge in [-0.05, 0) is 25.3 Å². The molecule has 0 aliphatic rings. The molecular formula is C13H26N2O4. The van der Waals surface area contributed by atoms with Crippen LogP contribution in [0.5, 0.6) is 0 Å². The molecule has 6 nitrogen and oxygen atoms in total. The molecule has 0 aliphatic heterocycles. The van der Waals surface area contributed by atoms with E-state index in [-0.39, 0.29) is 19.1 Å². The SMILES string of the molecule is CCCC(CCN)CCC(=O)NCCOCC(=O)O. The Balaban J connectivity index is 3.58. The second-order valence-corrected chi connectivity index (χ2v) is 4.57. The van der Waals surface area contributed by atoms with E-state index in [4.69, 9.17) is 15.6 Å². The number of carbonyl (C=O) groups is 2. The quantitative estimate of drug-likeness (QED) is 0.456. The Morgan fingerprint density at radius 3 is 2.63 bits per heavy atom. The second kappa shape index (κ2) is 11.9. The van der Waals surface area contributed by atoms with Gasteiger partial charge in [0.05, 0.1) is 6.61 Å². The summed E-state index contributed by atoms with van der Waals surface area (Å²) in [6.07, 6.45) is 4.51. The van der Waals surface area contributed by atoms with Gasteiger partial charge in [0.2, 0.25) is 5.91 Å². The third-order valence-corrected chi connectivity index (χ3v) is 2.85. The van der Waals surface area contributed by atoms with E-state index in [2.05, 4.69) is 12.2 Å². The molecule has 0 aromatic heterocycles. The molecule has 0 saturated heterocycles. The molecule has 0 aromatic carbocycles. The van der Waals surface area contributed by atoms with E-state index >= 15 is 0 Å². The number of rotatable bonds is 12. The van der Waals surface area contributed by atoms with Crippen molar-refractivity contribution in [2.24, 2.45) is 11.7 Å². The molecule has 0 heterocycles. The maximum atomic E-state index is 11.5. The zero-order valence-electron chi connectivity index (χ0n) is 11.7. The highest BCUT2D eigenvalue weighted by Gasteiger charge is 2.09. The van der Waals surface area contributed by atoms with Crippen LogP contribution in [0, 0.1) is 5.92 Å². The van der Waals surface area contributed by atoms with Crippen molar-refractivity contribution in [2.45, 2.75) is 39.0 Å². The standard InChI is InChI=1S/C13H26N2O4/c1-2-3-11(6-7-14)4-5-12(16)15-8-9-19-10-13(17)18/h11H,2-10,14H2,1H3,(H,15,16)(H,17,18). The zero-order valence-corrected chi connectivity index (χ0v) is 11.7. The highest BCUT2D eigenvalue weighted by molar-refractivity contribution is 5.75. The zero-order chi connectivity index (χ0) is 14.5. The van der Waals surface area contributed by atoms with Gasteiger partial charge in [-0.1, -0.05) is 19.8 Å². The van der Waals surface area contributed by atoms with Gasteiger partial charge in [-0.15, -0.1) is 0 Å². The molecule has 112 valence electrons. The second-order valence-electron chi connectivity index (χ2n) is 4.57. The number of nitrogens with one attached hydrogen (secondary N) is 1. The lowest BCUT2D eigenvalue weighted by molar-refractivity contribution is -0.142. The number of carboxylic acid groups (broad SMARTS) is 1. The smallest absolute Gasteiger partial charge is 0.329 e. The first-order valence-electron chi connectivity index (χ1n) is 6.86. The van der Waals surface area contributed by atoms with Gasteiger partial charge in [-0.3, -0.25) is 4.79 Å². The van der Waals surface area contributed by atoms with Crippen LogP contribution in [0.4, 0.5) is 0 Å². The molecular weight excluding hydrogens is 248 g/mol. The number of hydrogen-bond donors (Lipinski definition) is 3. The summed E-state index contributed by atoms with van der Waals surface area (Å²) in [4.78, 5) is 21.7. The minimum Gasteiger partial charge on any atom is -0.480 e. The summed E-state index contributed by atoms with van der Waals surface area (Å²) in [5.41, 5.74) is 5.54. The van der Waals surface area contributed by atoms with Crippen LogP contribution < -0.4 is 11.1 Å². The minimum absolute atomic E-state index is 0.0166. The largest absolute Gasteiger partial charge is 0.480 e. The van der Waals surface area contributed by atoms with Gasteiger partial charge < -0.3 is 20.9 Å². The Hall–Kier alpha value is -1.14. The normalized spacial score (nSPS) is 12.1. The molecule has 6 heteroatoms. The Labute approximate surface area is 114 Å². The average molecular weight is 274 g/mol. The molecule has 0 spiro atoms. The molecule has 0 aliphatic carbocycles. The van der Waals surface area contributed by atoms with Crippen molar-refractivity contribution in [1.29, 1.82) is 0 Å². The topological polar surface area (TPSA) is 102 Å². The Kier molecular flexibility index (Phi) is 11.2. The van der Waals surface area contributed by atoms with Crippen LogP contribution in [0.2, 0.25) is 0 Å². The van der Waals surface area contributed by atoms with E-state index in [1.54, 1.807) is 0 Å². The summed E-state index contributed by atoms with van der Waals surface area (Å²) in [6, 6.07) is 0.